The standard InChI is InChI=1S/C34H38F3N7O3/c1-4-27-33(19-25(39-27)31(45)46)11-14-43(15-12-33)28-18-29(41-32(38)40-28)47-30(34(35,36)37)24-9-8-23(22-7-5-6-20(2)16-22)17-26(24)44-13-10-21(3)42-44/h5-10,13,16-18,25,27,30,39H,4,11-12,14-15,19H2,1-3H3,(H,45,46)(H2,38,40,41)/t25?,27?,30-/m1/s1. The molecule has 2 saturated heterocycles. The number of alkyl halides is 3. The lowest BCUT2D eigenvalue weighted by molar-refractivity contribution is -0.198. The minimum atomic E-state index is -4.81. The van der Waals surface area contributed by atoms with Crippen LogP contribution in [0.1, 0.15) is 55.5 Å². The van der Waals surface area contributed by atoms with Gasteiger partial charge in [-0.2, -0.15) is 28.2 Å². The SMILES string of the molecule is CCC1NC(C(=O)O)CC12CCN(c1cc(O[C@H](c3ccc(-c4cccc(C)c4)cc3-n3ccc(C)n3)C(F)(F)F)nc(N)n1)CC2. The number of carboxylic acid groups (broad SMARTS) is 1. The predicted octanol–water partition coefficient (Wildman–Crippen LogP) is 6.02. The molecule has 0 aliphatic carbocycles. The first-order valence-electron chi connectivity index (χ1n) is 15.7. The number of rotatable bonds is 8. The highest BCUT2D eigenvalue weighted by Gasteiger charge is 2.50. The predicted molar refractivity (Wildman–Crippen MR) is 171 cm³/mol. The number of aliphatic carboxylic acids is 1. The maximum atomic E-state index is 14.9. The van der Waals surface area contributed by atoms with Gasteiger partial charge in [-0.15, -0.1) is 0 Å². The summed E-state index contributed by atoms with van der Waals surface area (Å²) in [5, 5.41) is 17.3. The van der Waals surface area contributed by atoms with Gasteiger partial charge in [-0.1, -0.05) is 48.9 Å². The zero-order chi connectivity index (χ0) is 33.5. The minimum Gasteiger partial charge on any atom is -0.480 e. The van der Waals surface area contributed by atoms with Crippen LogP contribution in [0.25, 0.3) is 16.8 Å². The van der Waals surface area contributed by atoms with E-state index in [1.165, 1.54) is 16.8 Å². The first kappa shape index (κ1) is 32.3. The lowest BCUT2D eigenvalue weighted by Crippen LogP contribution is -2.46. The van der Waals surface area contributed by atoms with E-state index in [2.05, 4.69) is 20.4 Å². The van der Waals surface area contributed by atoms with Crippen molar-refractivity contribution in [2.45, 2.75) is 70.8 Å². The molecule has 47 heavy (non-hydrogen) atoms. The van der Waals surface area contributed by atoms with E-state index in [-0.39, 0.29) is 34.5 Å². The fraction of sp³-hybridized carbons (Fsp3) is 0.412. The van der Waals surface area contributed by atoms with Crippen molar-refractivity contribution in [1.82, 2.24) is 25.1 Å². The fourth-order valence-corrected chi connectivity index (χ4v) is 7.07. The van der Waals surface area contributed by atoms with E-state index in [4.69, 9.17) is 10.5 Å². The lowest BCUT2D eigenvalue weighted by atomic mass is 9.71. The molecule has 2 aromatic heterocycles. The van der Waals surface area contributed by atoms with Crippen LogP contribution >= 0.6 is 0 Å². The summed E-state index contributed by atoms with van der Waals surface area (Å²) in [5.41, 5.74) is 9.19. The molecule has 4 N–H and O–H groups in total. The molecule has 2 fully saturated rings. The van der Waals surface area contributed by atoms with Gasteiger partial charge < -0.3 is 25.8 Å². The number of anilines is 2. The van der Waals surface area contributed by atoms with E-state index in [1.54, 1.807) is 31.3 Å². The van der Waals surface area contributed by atoms with Crippen LogP contribution in [0, 0.1) is 19.3 Å². The number of carboxylic acids is 1. The Labute approximate surface area is 270 Å². The smallest absolute Gasteiger partial charge is 0.429 e. The number of hydrogen-bond donors (Lipinski definition) is 3. The Balaban J connectivity index is 1.30. The Kier molecular flexibility index (Phi) is 8.60. The van der Waals surface area contributed by atoms with Crippen LogP contribution in [-0.4, -0.2) is 62.2 Å². The summed E-state index contributed by atoms with van der Waals surface area (Å²) in [6.45, 7) is 6.83. The number of hydrogen-bond acceptors (Lipinski definition) is 8. The van der Waals surface area contributed by atoms with Gasteiger partial charge in [0.05, 0.1) is 11.4 Å². The molecule has 4 aromatic rings. The number of nitrogens with zero attached hydrogens (tertiary/aromatic N) is 5. The summed E-state index contributed by atoms with van der Waals surface area (Å²) in [7, 11) is 0. The van der Waals surface area contributed by atoms with Gasteiger partial charge in [0.2, 0.25) is 17.9 Å². The molecule has 0 saturated carbocycles. The number of aromatic nitrogens is 4. The second kappa shape index (κ2) is 12.5. The lowest BCUT2D eigenvalue weighted by Gasteiger charge is -2.43. The first-order valence-corrected chi connectivity index (χ1v) is 15.7. The molecule has 1 spiro atoms. The van der Waals surface area contributed by atoms with Crippen molar-refractivity contribution in [2.24, 2.45) is 5.41 Å². The van der Waals surface area contributed by atoms with Crippen molar-refractivity contribution < 1.29 is 27.8 Å². The van der Waals surface area contributed by atoms with E-state index in [0.29, 0.717) is 43.9 Å². The molecule has 2 aliphatic rings. The molecule has 10 nitrogen and oxygen atoms in total. The second-order valence-corrected chi connectivity index (χ2v) is 12.6. The molecule has 0 radical (unpaired) electrons. The largest absolute Gasteiger partial charge is 0.480 e. The number of nitrogen functional groups attached to an aromatic ring is 1. The van der Waals surface area contributed by atoms with Gasteiger partial charge in [-0.25, -0.2) is 4.68 Å². The van der Waals surface area contributed by atoms with Crippen molar-refractivity contribution in [3.8, 4) is 22.7 Å². The molecule has 13 heteroatoms. The minimum absolute atomic E-state index is 0.0673. The highest BCUT2D eigenvalue weighted by Crippen LogP contribution is 2.46. The van der Waals surface area contributed by atoms with E-state index in [0.717, 1.165) is 23.1 Å². The van der Waals surface area contributed by atoms with Gasteiger partial charge >= 0.3 is 12.1 Å². The quantitative estimate of drug-likeness (QED) is 0.210. The molecule has 4 heterocycles. The number of aryl methyl sites for hydroxylation is 2. The Hall–Kier alpha value is -4.65. The van der Waals surface area contributed by atoms with E-state index < -0.39 is 24.3 Å². The maximum Gasteiger partial charge on any atom is 0.429 e. The summed E-state index contributed by atoms with van der Waals surface area (Å²) < 4.78 is 51.7. The average Bonchev–Trinajstić information content (AvgIpc) is 3.62. The first-order chi connectivity index (χ1) is 22.3. The van der Waals surface area contributed by atoms with Gasteiger partial charge in [-0.05, 0) is 68.2 Å². The van der Waals surface area contributed by atoms with Crippen molar-refractivity contribution >= 4 is 17.7 Å². The van der Waals surface area contributed by atoms with Crippen molar-refractivity contribution in [3.63, 3.8) is 0 Å². The van der Waals surface area contributed by atoms with Crippen LogP contribution in [-0.2, 0) is 4.79 Å². The van der Waals surface area contributed by atoms with Gasteiger partial charge in [-0.3, -0.25) is 4.79 Å². The van der Waals surface area contributed by atoms with Crippen molar-refractivity contribution in [1.29, 1.82) is 0 Å². The highest BCUT2D eigenvalue weighted by molar-refractivity contribution is 5.74. The second-order valence-electron chi connectivity index (χ2n) is 12.6. The summed E-state index contributed by atoms with van der Waals surface area (Å²) in [6, 6.07) is 15.0. The Morgan fingerprint density at radius 2 is 1.85 bits per heavy atom. The highest BCUT2D eigenvalue weighted by atomic mass is 19.4. The Morgan fingerprint density at radius 1 is 1.11 bits per heavy atom. The number of benzene rings is 2. The van der Waals surface area contributed by atoms with Crippen LogP contribution in [0.4, 0.5) is 24.9 Å². The normalized spacial score (nSPS) is 20.0. The zero-order valence-electron chi connectivity index (χ0n) is 26.5. The van der Waals surface area contributed by atoms with E-state index in [1.807, 2.05) is 43.0 Å². The van der Waals surface area contributed by atoms with Gasteiger partial charge in [0.25, 0.3) is 0 Å². The fourth-order valence-electron chi connectivity index (χ4n) is 7.07. The molecule has 3 atom stereocenters. The van der Waals surface area contributed by atoms with Crippen LogP contribution < -0.4 is 20.7 Å². The number of ether oxygens (including phenoxy) is 1. The number of nitrogens with two attached hydrogens (primary N) is 1. The van der Waals surface area contributed by atoms with Crippen molar-refractivity contribution in [2.75, 3.05) is 23.7 Å². The Morgan fingerprint density at radius 3 is 2.49 bits per heavy atom. The van der Waals surface area contributed by atoms with Gasteiger partial charge in [0.1, 0.15) is 11.9 Å². The number of carbonyl (C=O) groups is 1. The molecular weight excluding hydrogens is 611 g/mol. The summed E-state index contributed by atoms with van der Waals surface area (Å²) in [5.74, 6) is -1.02. The third-order valence-electron chi connectivity index (χ3n) is 9.42. The molecule has 0 bridgehead atoms. The number of piperidine rings is 1. The summed E-state index contributed by atoms with van der Waals surface area (Å²) >= 11 is 0. The van der Waals surface area contributed by atoms with E-state index >= 15 is 0 Å². The monoisotopic (exact) mass is 649 g/mol. The Bertz CT molecular complexity index is 1770. The average molecular weight is 650 g/mol. The van der Waals surface area contributed by atoms with Crippen LogP contribution in [0.5, 0.6) is 5.88 Å². The third kappa shape index (κ3) is 6.62. The molecule has 6 rings (SSSR count). The van der Waals surface area contributed by atoms with Crippen LogP contribution in [0.2, 0.25) is 0 Å². The molecule has 248 valence electrons. The number of halogens is 3. The molecule has 2 unspecified atom stereocenters. The summed E-state index contributed by atoms with van der Waals surface area (Å²) in [6.07, 6.45) is -2.85. The van der Waals surface area contributed by atoms with Gasteiger partial charge in [0.15, 0.2) is 0 Å². The van der Waals surface area contributed by atoms with E-state index in [9.17, 15) is 23.1 Å². The van der Waals surface area contributed by atoms with Crippen LogP contribution in [0.15, 0.2) is 60.8 Å². The zero-order valence-corrected chi connectivity index (χ0v) is 26.5. The molecule has 2 aliphatic heterocycles. The van der Waals surface area contributed by atoms with Crippen LogP contribution in [0.3, 0.4) is 0 Å². The van der Waals surface area contributed by atoms with Crippen molar-refractivity contribution in [3.05, 3.63) is 77.6 Å². The third-order valence-corrected chi connectivity index (χ3v) is 9.42. The summed E-state index contributed by atoms with van der Waals surface area (Å²) in [4.78, 5) is 22.0. The maximum absolute atomic E-state index is 14.9. The molecule has 2 aromatic carbocycles. The van der Waals surface area contributed by atoms with Gasteiger partial charge in [0, 0.05) is 37.0 Å². The topological polar surface area (TPSA) is 131 Å². The number of nitrogens with one attached hydrogen (secondary N) is 1. The molecular formula is C34H38F3N7O3. The molecule has 0 amide bonds.